The van der Waals surface area contributed by atoms with E-state index in [0.29, 0.717) is 0 Å². The largest absolute Gasteiger partial charge is 0.508 e. The van der Waals surface area contributed by atoms with Crippen molar-refractivity contribution < 1.29 is 64.2 Å². The number of Topliss-reactive ketones (excluding diaryl/α,β-unsaturated/α-hetero) is 7. The molecule has 14 heteroatoms. The lowest BCUT2D eigenvalue weighted by Gasteiger charge is -2.33. The summed E-state index contributed by atoms with van der Waals surface area (Å²) in [6.07, 6.45) is 12.4. The Kier molecular flexibility index (Phi) is 26.8. The van der Waals surface area contributed by atoms with Crippen LogP contribution in [0.25, 0.3) is 0 Å². The van der Waals surface area contributed by atoms with Crippen molar-refractivity contribution in [2.75, 3.05) is 0 Å². The number of ketones is 7. The van der Waals surface area contributed by atoms with Gasteiger partial charge in [0.1, 0.15) is 30.7 Å². The van der Waals surface area contributed by atoms with Gasteiger partial charge in [0, 0.05) is 44.1 Å². The summed E-state index contributed by atoms with van der Waals surface area (Å²) in [5, 5.41) is 64.7. The minimum absolute atomic E-state index is 0.0118. The molecule has 13 nitrogen and oxygen atoms in total. The normalized spacial score (nSPS) is 21.2. The van der Waals surface area contributed by atoms with Crippen molar-refractivity contribution in [2.45, 2.75) is 199 Å². The molecule has 77 heavy (non-hydrogen) atoms. The quantitative estimate of drug-likeness (QED) is 0.0336. The molecular weight excluding hydrogens is 975 g/mol. The van der Waals surface area contributed by atoms with E-state index in [1.807, 2.05) is 123 Å². The van der Waals surface area contributed by atoms with Crippen LogP contribution < -0.4 is 0 Å². The van der Waals surface area contributed by atoms with E-state index >= 15 is 0 Å². The molecule has 1 unspecified atom stereocenters. The Balaban J connectivity index is 0.000000578. The van der Waals surface area contributed by atoms with E-state index in [4.69, 9.17) is 7.85 Å². The third-order valence-corrected chi connectivity index (χ3v) is 12.7. The van der Waals surface area contributed by atoms with E-state index < -0.39 is 74.5 Å². The summed E-state index contributed by atoms with van der Waals surface area (Å²) in [5.74, 6) is -6.18. The first-order valence-corrected chi connectivity index (χ1v) is 26.6. The predicted molar refractivity (Wildman–Crippen MR) is 306 cm³/mol. The number of allylic oxidation sites excluding steroid dienone is 14. The Morgan fingerprint density at radius 3 is 1.34 bits per heavy atom. The maximum atomic E-state index is 12.9. The second-order valence-corrected chi connectivity index (χ2v) is 23.3. The zero-order valence-electron chi connectivity index (χ0n) is 49.3. The highest BCUT2D eigenvalue weighted by Gasteiger charge is 2.53. The molecule has 6 N–H and O–H groups in total. The van der Waals surface area contributed by atoms with E-state index in [1.54, 1.807) is 38.2 Å². The van der Waals surface area contributed by atoms with Crippen LogP contribution in [0.15, 0.2) is 127 Å². The fourth-order valence-corrected chi connectivity index (χ4v) is 8.33. The number of rotatable bonds is 22. The minimum atomic E-state index is -2.24. The van der Waals surface area contributed by atoms with Gasteiger partial charge < -0.3 is 30.6 Å². The van der Waals surface area contributed by atoms with Crippen LogP contribution in [0.5, 0.6) is 0 Å². The molecule has 0 heterocycles. The van der Waals surface area contributed by atoms with Crippen molar-refractivity contribution >= 4 is 48.3 Å². The topological polar surface area (TPSA) is 241 Å². The van der Waals surface area contributed by atoms with Crippen LogP contribution in [-0.4, -0.2) is 95.8 Å². The second-order valence-electron chi connectivity index (χ2n) is 23.3. The molecule has 0 aromatic carbocycles. The molecule has 0 spiro atoms. The van der Waals surface area contributed by atoms with Gasteiger partial charge in [0.05, 0.1) is 17.1 Å². The molecule has 0 aromatic heterocycles. The summed E-state index contributed by atoms with van der Waals surface area (Å²) < 4.78 is 0. The fourth-order valence-electron chi connectivity index (χ4n) is 8.33. The van der Waals surface area contributed by atoms with Crippen LogP contribution in [0.2, 0.25) is 0 Å². The van der Waals surface area contributed by atoms with Gasteiger partial charge in [-0.1, -0.05) is 117 Å². The van der Waals surface area contributed by atoms with Gasteiger partial charge in [-0.3, -0.25) is 33.6 Å². The van der Waals surface area contributed by atoms with E-state index in [0.717, 1.165) is 33.4 Å². The van der Waals surface area contributed by atoms with Crippen LogP contribution in [0, 0.1) is 23.7 Å². The molecular formula is C63H89BO13. The molecule has 2 radical (unpaired) electrons. The van der Waals surface area contributed by atoms with Crippen LogP contribution in [-0.2, 0) is 33.6 Å². The third-order valence-electron chi connectivity index (χ3n) is 12.7. The first kappa shape index (κ1) is 69.2. The monoisotopic (exact) mass is 1060 g/mol. The highest BCUT2D eigenvalue weighted by atomic mass is 16.4. The number of carbonyl (C=O) groups excluding carboxylic acids is 7. The van der Waals surface area contributed by atoms with Crippen LogP contribution in [0.4, 0.5) is 0 Å². The smallest absolute Gasteiger partial charge is 0.209 e. The lowest BCUT2D eigenvalue weighted by molar-refractivity contribution is -0.140. The van der Waals surface area contributed by atoms with Crippen molar-refractivity contribution in [1.82, 2.24) is 0 Å². The Morgan fingerprint density at radius 2 is 0.922 bits per heavy atom. The zero-order chi connectivity index (χ0) is 59.8. The van der Waals surface area contributed by atoms with Crippen molar-refractivity contribution in [2.24, 2.45) is 23.7 Å². The first-order valence-electron chi connectivity index (χ1n) is 26.6. The Labute approximate surface area is 460 Å². The highest BCUT2D eigenvalue weighted by molar-refractivity contribution is 6.34. The van der Waals surface area contributed by atoms with Crippen molar-refractivity contribution in [1.29, 1.82) is 0 Å². The van der Waals surface area contributed by atoms with Gasteiger partial charge in [0.2, 0.25) is 5.78 Å². The van der Waals surface area contributed by atoms with Gasteiger partial charge in [-0.05, 0) is 132 Å². The Hall–Kier alpha value is -5.83. The van der Waals surface area contributed by atoms with Crippen molar-refractivity contribution in [3.8, 4) is 0 Å². The average Bonchev–Trinajstić information content (AvgIpc) is 3.56. The van der Waals surface area contributed by atoms with Gasteiger partial charge in [0.15, 0.2) is 51.5 Å². The highest BCUT2D eigenvalue weighted by Crippen LogP contribution is 2.41. The molecule has 4 atom stereocenters. The first-order chi connectivity index (χ1) is 35.3. The van der Waals surface area contributed by atoms with Crippen LogP contribution >= 0.6 is 0 Å². The number of aliphatic hydroxyl groups excluding tert-OH is 3. The molecule has 0 amide bonds. The number of carbonyl (C=O) groups is 7. The molecule has 0 saturated heterocycles. The summed E-state index contributed by atoms with van der Waals surface area (Å²) in [4.78, 5) is 88.8. The molecule has 0 aliphatic heterocycles. The van der Waals surface area contributed by atoms with E-state index in [-0.39, 0.29) is 115 Å². The molecule has 0 aromatic rings. The molecule has 0 bridgehead atoms. The molecule has 3 aliphatic rings. The second kappa shape index (κ2) is 29.8. The van der Waals surface area contributed by atoms with Gasteiger partial charge in [-0.25, -0.2) is 0 Å². The van der Waals surface area contributed by atoms with Gasteiger partial charge in [-0.2, -0.15) is 0 Å². The number of hydrogen-bond donors (Lipinski definition) is 6. The van der Waals surface area contributed by atoms with Crippen LogP contribution in [0.1, 0.15) is 182 Å². The minimum Gasteiger partial charge on any atom is -0.508 e. The lowest BCUT2D eigenvalue weighted by atomic mass is 9.68. The molecule has 3 aliphatic carbocycles. The van der Waals surface area contributed by atoms with Gasteiger partial charge in [-0.15, -0.1) is 0 Å². The lowest BCUT2D eigenvalue weighted by Crippen LogP contribution is -2.46. The average molecular weight is 1070 g/mol. The molecule has 3 rings (SSSR count). The Bertz CT molecular complexity index is 2640. The summed E-state index contributed by atoms with van der Waals surface area (Å²) in [5.41, 5.74) is -1.08. The van der Waals surface area contributed by atoms with Crippen LogP contribution in [0.3, 0.4) is 0 Å². The zero-order valence-corrected chi connectivity index (χ0v) is 49.3. The van der Waals surface area contributed by atoms with Gasteiger partial charge >= 0.3 is 0 Å². The third kappa shape index (κ3) is 19.0. The fraction of sp³-hybridized carbons (Fsp3) is 0.540. The maximum Gasteiger partial charge on any atom is 0.209 e. The van der Waals surface area contributed by atoms with Crippen molar-refractivity contribution in [3.05, 3.63) is 127 Å². The summed E-state index contributed by atoms with van der Waals surface area (Å²) in [6.45, 7) is 33.5. The molecule has 0 saturated carbocycles. The number of hydrogen-bond acceptors (Lipinski definition) is 13. The summed E-state index contributed by atoms with van der Waals surface area (Å²) >= 11 is 0. The van der Waals surface area contributed by atoms with E-state index in [2.05, 4.69) is 0 Å². The summed E-state index contributed by atoms with van der Waals surface area (Å²) in [6, 6.07) is 0. The van der Waals surface area contributed by atoms with E-state index in [9.17, 15) is 64.2 Å². The molecule has 422 valence electrons. The summed E-state index contributed by atoms with van der Waals surface area (Å²) in [7, 11) is 6.11. The Morgan fingerprint density at radius 1 is 0.532 bits per heavy atom. The SMILES string of the molecule is CC(C)=CCC(=O)[C@@]1(O)C=C(C(=O)CC(C)C)C(=O)C1CC=C(C)C.CC(C)=CCC1=C(O)[C@@](O)(CC=C(C)C)C(=O)C(C(=O)CC(C)C)=C1O.[B]C1=C(CC=C(C)C)C(=O)[C@@](O)(CC=C(C)C)C(O)=C1C(=O)CC(C)C. The van der Waals surface area contributed by atoms with Gasteiger partial charge in [0.25, 0.3) is 0 Å². The predicted octanol–water partition coefficient (Wildman–Crippen LogP) is 11.9. The van der Waals surface area contributed by atoms with Crippen molar-refractivity contribution in [3.63, 3.8) is 0 Å². The number of aliphatic hydroxyl groups is 6. The van der Waals surface area contributed by atoms with E-state index in [1.165, 1.54) is 6.08 Å². The maximum absolute atomic E-state index is 12.9. The molecule has 0 fully saturated rings. The standard InChI is InChI=1S/C21H29BO4.C21H30O5.C21H30O4/c1-12(2)7-8-15-18(22)17(16(23)11-14(5)6)20(25)21(26,19(15)24)10-9-13(3)4;1-12(2)7-8-15-18(23)17(16(22)11-14(5)6)20(25)21(26,19(15)24)10-9-13(3)4;1-13(2)7-9-17-20(24)16(18(22)11-15(5)6)12-21(17,25)19(23)10-8-14(3)4/h7,9,14,25-26H,8,10-11H2,1-6H3;7,9,14,23-24,26H,8,10-11H2,1-6H3;7-8,12,15,17,25H,9-11H2,1-6H3/t2*21-;17?,21-/m001/s1.